The molecule has 5 aromatic rings. The maximum absolute atomic E-state index is 14.7. The number of fused-ring (bicyclic) bond motifs is 2. The lowest BCUT2D eigenvalue weighted by Crippen LogP contribution is -2.07. The summed E-state index contributed by atoms with van der Waals surface area (Å²) in [7, 11) is 3.20. The molecule has 0 saturated carbocycles. The van der Waals surface area contributed by atoms with Crippen molar-refractivity contribution in [2.45, 2.75) is 13.0 Å². The minimum atomic E-state index is -0.357. The van der Waals surface area contributed by atoms with Crippen LogP contribution in [0.1, 0.15) is 18.5 Å². The number of pyridine rings is 1. The molecule has 1 atom stereocenters. The highest BCUT2D eigenvalue weighted by Gasteiger charge is 2.18. The standard InChI is InChI=1S/C24H20FN5O2/c1-14(16-9-15-5-4-8-26-22(15)19(25)10-16)30-13-28-23-24(30)29-20(12-27-23)18-7-6-17(31-2)11-21(18)32-3/h4-14H,1-3H3. The molecular weight excluding hydrogens is 409 g/mol. The van der Waals surface area contributed by atoms with E-state index in [1.807, 2.05) is 35.8 Å². The number of aromatic nitrogens is 5. The minimum Gasteiger partial charge on any atom is -0.497 e. The van der Waals surface area contributed by atoms with E-state index in [2.05, 4.69) is 15.0 Å². The Morgan fingerprint density at radius 3 is 2.69 bits per heavy atom. The first kappa shape index (κ1) is 19.9. The molecule has 0 radical (unpaired) electrons. The second kappa shape index (κ2) is 7.88. The molecule has 2 aromatic carbocycles. The van der Waals surface area contributed by atoms with Crippen molar-refractivity contribution in [3.05, 3.63) is 72.6 Å². The van der Waals surface area contributed by atoms with Gasteiger partial charge in [0, 0.05) is 23.2 Å². The van der Waals surface area contributed by atoms with Crippen LogP contribution in [0.4, 0.5) is 4.39 Å². The molecule has 0 aliphatic heterocycles. The predicted molar refractivity (Wildman–Crippen MR) is 119 cm³/mol. The summed E-state index contributed by atoms with van der Waals surface area (Å²) in [5.74, 6) is 0.955. The van der Waals surface area contributed by atoms with Crippen LogP contribution in [0.3, 0.4) is 0 Å². The zero-order valence-corrected chi connectivity index (χ0v) is 17.8. The highest BCUT2D eigenvalue weighted by atomic mass is 19.1. The number of halogens is 1. The smallest absolute Gasteiger partial charge is 0.197 e. The normalized spacial score (nSPS) is 12.2. The molecule has 3 heterocycles. The van der Waals surface area contributed by atoms with Crippen LogP contribution >= 0.6 is 0 Å². The van der Waals surface area contributed by atoms with Crippen molar-refractivity contribution in [3.63, 3.8) is 0 Å². The molecule has 0 aliphatic carbocycles. The summed E-state index contributed by atoms with van der Waals surface area (Å²) in [5, 5.41) is 0.744. The van der Waals surface area contributed by atoms with Crippen LogP contribution in [0.25, 0.3) is 33.5 Å². The van der Waals surface area contributed by atoms with Gasteiger partial charge in [-0.15, -0.1) is 0 Å². The van der Waals surface area contributed by atoms with E-state index in [1.165, 1.54) is 6.07 Å². The van der Waals surface area contributed by atoms with Gasteiger partial charge in [-0.25, -0.2) is 19.3 Å². The zero-order valence-electron chi connectivity index (χ0n) is 17.8. The Bertz CT molecular complexity index is 1450. The molecule has 7 nitrogen and oxygen atoms in total. The topological polar surface area (TPSA) is 75.0 Å². The summed E-state index contributed by atoms with van der Waals surface area (Å²) in [6.07, 6.45) is 4.92. The number of benzene rings is 2. The van der Waals surface area contributed by atoms with E-state index in [1.54, 1.807) is 45.1 Å². The fourth-order valence-corrected chi connectivity index (χ4v) is 3.80. The summed E-state index contributed by atoms with van der Waals surface area (Å²) < 4.78 is 27.3. The molecule has 5 rings (SSSR count). The maximum atomic E-state index is 14.7. The molecule has 0 spiro atoms. The van der Waals surface area contributed by atoms with E-state index in [4.69, 9.17) is 14.5 Å². The number of ether oxygens (including phenoxy) is 2. The molecule has 32 heavy (non-hydrogen) atoms. The SMILES string of the molecule is COc1ccc(-c2cnc3ncn(C(C)c4cc(F)c5ncccc5c4)c3n2)c(OC)c1. The minimum absolute atomic E-state index is 0.221. The highest BCUT2D eigenvalue weighted by Crippen LogP contribution is 2.33. The van der Waals surface area contributed by atoms with E-state index >= 15 is 0 Å². The zero-order chi connectivity index (χ0) is 22.2. The third-order valence-electron chi connectivity index (χ3n) is 5.55. The Morgan fingerprint density at radius 1 is 1.00 bits per heavy atom. The second-order valence-corrected chi connectivity index (χ2v) is 7.37. The van der Waals surface area contributed by atoms with Crippen molar-refractivity contribution in [3.8, 4) is 22.8 Å². The van der Waals surface area contributed by atoms with Crippen LogP contribution in [0, 0.1) is 5.82 Å². The summed E-state index contributed by atoms with van der Waals surface area (Å²) in [6.45, 7) is 1.97. The predicted octanol–water partition coefficient (Wildman–Crippen LogP) is 4.81. The third-order valence-corrected chi connectivity index (χ3v) is 5.55. The molecule has 1 unspecified atom stereocenters. The average molecular weight is 429 g/mol. The van der Waals surface area contributed by atoms with E-state index in [9.17, 15) is 4.39 Å². The van der Waals surface area contributed by atoms with Gasteiger partial charge in [0.25, 0.3) is 0 Å². The van der Waals surface area contributed by atoms with Crippen LogP contribution < -0.4 is 9.47 Å². The van der Waals surface area contributed by atoms with Crippen molar-refractivity contribution < 1.29 is 13.9 Å². The first-order valence-corrected chi connectivity index (χ1v) is 10.0. The van der Waals surface area contributed by atoms with E-state index in [-0.39, 0.29) is 11.9 Å². The van der Waals surface area contributed by atoms with Crippen LogP contribution in [-0.2, 0) is 0 Å². The largest absolute Gasteiger partial charge is 0.497 e. The maximum Gasteiger partial charge on any atom is 0.197 e. The van der Waals surface area contributed by atoms with Crippen molar-refractivity contribution in [1.29, 1.82) is 0 Å². The number of hydrogen-bond acceptors (Lipinski definition) is 6. The summed E-state index contributed by atoms with van der Waals surface area (Å²) >= 11 is 0. The van der Waals surface area contributed by atoms with Crippen LogP contribution in [-0.4, -0.2) is 38.7 Å². The number of imidazole rings is 1. The van der Waals surface area contributed by atoms with E-state index in [0.29, 0.717) is 34.0 Å². The molecule has 8 heteroatoms. The van der Waals surface area contributed by atoms with Crippen LogP contribution in [0.15, 0.2) is 61.2 Å². The van der Waals surface area contributed by atoms with Crippen LogP contribution in [0.2, 0.25) is 0 Å². The fraction of sp³-hybridized carbons (Fsp3) is 0.167. The second-order valence-electron chi connectivity index (χ2n) is 7.37. The number of hydrogen-bond donors (Lipinski definition) is 0. The molecule has 160 valence electrons. The summed E-state index contributed by atoms with van der Waals surface area (Å²) in [4.78, 5) is 17.8. The monoisotopic (exact) mass is 429 g/mol. The van der Waals surface area contributed by atoms with Gasteiger partial charge in [-0.2, -0.15) is 0 Å². The Labute approximate surface area is 183 Å². The molecule has 0 bridgehead atoms. The lowest BCUT2D eigenvalue weighted by atomic mass is 10.0. The molecule has 3 aromatic heterocycles. The van der Waals surface area contributed by atoms with Crippen molar-refractivity contribution in [2.24, 2.45) is 0 Å². The van der Waals surface area contributed by atoms with Crippen molar-refractivity contribution in [2.75, 3.05) is 14.2 Å². The van der Waals surface area contributed by atoms with E-state index in [0.717, 1.165) is 16.5 Å². The summed E-state index contributed by atoms with van der Waals surface area (Å²) in [6, 6.07) is 12.4. The molecule has 0 saturated heterocycles. The van der Waals surface area contributed by atoms with Gasteiger partial charge in [-0.05, 0) is 42.8 Å². The van der Waals surface area contributed by atoms with E-state index < -0.39 is 0 Å². The van der Waals surface area contributed by atoms with Crippen molar-refractivity contribution >= 4 is 22.2 Å². The highest BCUT2D eigenvalue weighted by molar-refractivity contribution is 5.80. The first-order valence-electron chi connectivity index (χ1n) is 10.0. The van der Waals surface area contributed by atoms with Gasteiger partial charge in [-0.1, -0.05) is 6.07 Å². The fourth-order valence-electron chi connectivity index (χ4n) is 3.80. The Balaban J connectivity index is 1.61. The third kappa shape index (κ3) is 3.30. The van der Waals surface area contributed by atoms with Gasteiger partial charge in [0.2, 0.25) is 0 Å². The lowest BCUT2D eigenvalue weighted by Gasteiger charge is -2.16. The van der Waals surface area contributed by atoms with Gasteiger partial charge < -0.3 is 14.0 Å². The number of nitrogens with zero attached hydrogens (tertiary/aromatic N) is 5. The van der Waals surface area contributed by atoms with Gasteiger partial charge in [0.15, 0.2) is 11.3 Å². The Morgan fingerprint density at radius 2 is 1.88 bits per heavy atom. The molecule has 0 amide bonds. The number of methoxy groups -OCH3 is 2. The Kier molecular flexibility index (Phi) is 4.89. The summed E-state index contributed by atoms with van der Waals surface area (Å²) in [5.41, 5.74) is 3.67. The van der Waals surface area contributed by atoms with Gasteiger partial charge in [-0.3, -0.25) is 4.98 Å². The van der Waals surface area contributed by atoms with Gasteiger partial charge >= 0.3 is 0 Å². The Hall–Kier alpha value is -4.07. The van der Waals surface area contributed by atoms with Gasteiger partial charge in [0.1, 0.15) is 22.8 Å². The molecule has 0 N–H and O–H groups in total. The average Bonchev–Trinajstić information content (AvgIpc) is 3.26. The molecule has 0 fully saturated rings. The van der Waals surface area contributed by atoms with Crippen molar-refractivity contribution in [1.82, 2.24) is 24.5 Å². The lowest BCUT2D eigenvalue weighted by molar-refractivity contribution is 0.395. The van der Waals surface area contributed by atoms with Gasteiger partial charge in [0.05, 0.1) is 38.5 Å². The molecule has 0 aliphatic rings. The number of rotatable bonds is 5. The first-order chi connectivity index (χ1) is 15.6. The molecular formula is C24H20FN5O2. The quantitative estimate of drug-likeness (QED) is 0.399. The van der Waals surface area contributed by atoms with Crippen LogP contribution in [0.5, 0.6) is 11.5 Å².